The first-order valence-electron chi connectivity index (χ1n) is 16.6. The Hall–Kier alpha value is -6.16. The molecule has 0 fully saturated rings. The lowest BCUT2D eigenvalue weighted by Gasteiger charge is -2.27. The van der Waals surface area contributed by atoms with E-state index in [2.05, 4.69) is 175 Å². The van der Waals surface area contributed by atoms with Crippen molar-refractivity contribution >= 4 is 81.3 Å². The van der Waals surface area contributed by atoms with Crippen LogP contribution in [0.4, 0.5) is 17.1 Å². The number of nitrogens with zero attached hydrogens (tertiary/aromatic N) is 1. The Balaban J connectivity index is 1.23. The summed E-state index contributed by atoms with van der Waals surface area (Å²) in [5.41, 5.74) is 10.0. The largest absolute Gasteiger partial charge is 0.456 e. The van der Waals surface area contributed by atoms with Gasteiger partial charge in [0.05, 0.1) is 21.5 Å². The van der Waals surface area contributed by atoms with Crippen LogP contribution in [0.5, 0.6) is 0 Å². The highest BCUT2D eigenvalue weighted by atomic mass is 32.1. The maximum atomic E-state index is 6.41. The molecule has 230 valence electrons. The SMILES string of the molecule is c1ccc(-c2cccc3c2sc2c(N(c4ccc(-c5cccc6ccccc56)cc4)c4cccc5oc6ccccc6c45)cccc23)cc1. The van der Waals surface area contributed by atoms with Crippen LogP contribution in [-0.4, -0.2) is 0 Å². The normalized spacial score (nSPS) is 11.7. The number of hydrogen-bond acceptors (Lipinski definition) is 3. The van der Waals surface area contributed by atoms with Crippen molar-refractivity contribution in [1.82, 2.24) is 0 Å². The van der Waals surface area contributed by atoms with Gasteiger partial charge in [0.25, 0.3) is 0 Å². The Labute approximate surface area is 287 Å². The second-order valence-corrected chi connectivity index (χ2v) is 13.5. The third-order valence-corrected chi connectivity index (χ3v) is 11.0. The molecule has 0 saturated carbocycles. The van der Waals surface area contributed by atoms with Gasteiger partial charge in [-0.15, -0.1) is 11.3 Å². The van der Waals surface area contributed by atoms with E-state index in [1.165, 1.54) is 53.2 Å². The fraction of sp³-hybridized carbons (Fsp3) is 0. The van der Waals surface area contributed by atoms with Gasteiger partial charge in [-0.1, -0.05) is 140 Å². The Bertz CT molecular complexity index is 2820. The van der Waals surface area contributed by atoms with Gasteiger partial charge in [-0.05, 0) is 69.4 Å². The molecule has 10 aromatic rings. The first-order chi connectivity index (χ1) is 24.3. The highest BCUT2D eigenvalue weighted by molar-refractivity contribution is 7.27. The third-order valence-electron chi connectivity index (χ3n) is 9.68. The minimum Gasteiger partial charge on any atom is -0.456 e. The molecule has 8 aromatic carbocycles. The highest BCUT2D eigenvalue weighted by Crippen LogP contribution is 2.49. The van der Waals surface area contributed by atoms with Crippen molar-refractivity contribution < 1.29 is 4.42 Å². The highest BCUT2D eigenvalue weighted by Gasteiger charge is 2.23. The van der Waals surface area contributed by atoms with E-state index in [9.17, 15) is 0 Å². The molecule has 0 aliphatic carbocycles. The topological polar surface area (TPSA) is 16.4 Å². The number of hydrogen-bond donors (Lipinski definition) is 0. The molecule has 0 aliphatic rings. The summed E-state index contributed by atoms with van der Waals surface area (Å²) < 4.78 is 8.96. The van der Waals surface area contributed by atoms with Gasteiger partial charge in [0.2, 0.25) is 0 Å². The van der Waals surface area contributed by atoms with E-state index in [0.717, 1.165) is 39.0 Å². The van der Waals surface area contributed by atoms with E-state index in [1.54, 1.807) is 0 Å². The van der Waals surface area contributed by atoms with E-state index in [4.69, 9.17) is 4.42 Å². The molecule has 0 N–H and O–H groups in total. The average molecular weight is 644 g/mol. The summed E-state index contributed by atoms with van der Waals surface area (Å²) in [6, 6.07) is 63.1. The summed E-state index contributed by atoms with van der Waals surface area (Å²) in [5, 5.41) is 7.27. The van der Waals surface area contributed by atoms with Gasteiger partial charge in [0.15, 0.2) is 0 Å². The summed E-state index contributed by atoms with van der Waals surface area (Å²) in [7, 11) is 0. The number of furan rings is 1. The first-order valence-corrected chi connectivity index (χ1v) is 17.4. The van der Waals surface area contributed by atoms with Crippen molar-refractivity contribution in [3.05, 3.63) is 176 Å². The van der Waals surface area contributed by atoms with Crippen LogP contribution in [0.25, 0.3) is 75.1 Å². The lowest BCUT2D eigenvalue weighted by Crippen LogP contribution is -2.10. The zero-order valence-electron chi connectivity index (χ0n) is 26.5. The van der Waals surface area contributed by atoms with E-state index >= 15 is 0 Å². The monoisotopic (exact) mass is 643 g/mol. The van der Waals surface area contributed by atoms with Crippen molar-refractivity contribution in [2.45, 2.75) is 0 Å². The van der Waals surface area contributed by atoms with Crippen molar-refractivity contribution in [3.8, 4) is 22.3 Å². The molecule has 2 heterocycles. The lowest BCUT2D eigenvalue weighted by molar-refractivity contribution is 0.669. The van der Waals surface area contributed by atoms with Crippen LogP contribution in [0.1, 0.15) is 0 Å². The van der Waals surface area contributed by atoms with Crippen LogP contribution in [-0.2, 0) is 0 Å². The molecule has 0 bridgehead atoms. The minimum atomic E-state index is 0.881. The summed E-state index contributed by atoms with van der Waals surface area (Å²) in [5.74, 6) is 0. The minimum absolute atomic E-state index is 0.881. The van der Waals surface area contributed by atoms with Crippen LogP contribution < -0.4 is 4.90 Å². The molecular weight excluding hydrogens is 615 g/mol. The first kappa shape index (κ1) is 27.9. The summed E-state index contributed by atoms with van der Waals surface area (Å²) >= 11 is 1.87. The summed E-state index contributed by atoms with van der Waals surface area (Å²) in [6.07, 6.45) is 0. The molecular formula is C46H29NOS. The second kappa shape index (κ2) is 11.2. The number of fused-ring (bicyclic) bond motifs is 7. The van der Waals surface area contributed by atoms with Gasteiger partial charge in [0, 0.05) is 26.5 Å². The lowest BCUT2D eigenvalue weighted by atomic mass is 9.98. The van der Waals surface area contributed by atoms with Gasteiger partial charge in [0.1, 0.15) is 11.2 Å². The molecule has 3 heteroatoms. The smallest absolute Gasteiger partial charge is 0.137 e. The number of thiophene rings is 1. The Morgan fingerprint density at radius 2 is 0.980 bits per heavy atom. The molecule has 0 atom stereocenters. The van der Waals surface area contributed by atoms with Gasteiger partial charge >= 0.3 is 0 Å². The Morgan fingerprint density at radius 1 is 0.388 bits per heavy atom. The number of para-hydroxylation sites is 1. The molecule has 0 spiro atoms. The van der Waals surface area contributed by atoms with Gasteiger partial charge in [-0.2, -0.15) is 0 Å². The maximum Gasteiger partial charge on any atom is 0.137 e. The number of benzene rings is 8. The van der Waals surface area contributed by atoms with E-state index in [0.29, 0.717) is 0 Å². The van der Waals surface area contributed by atoms with Crippen molar-refractivity contribution in [2.75, 3.05) is 4.90 Å². The van der Waals surface area contributed by atoms with Crippen LogP contribution in [0.15, 0.2) is 180 Å². The van der Waals surface area contributed by atoms with Gasteiger partial charge in [-0.3, -0.25) is 0 Å². The molecule has 2 aromatic heterocycles. The zero-order chi connectivity index (χ0) is 32.3. The summed E-state index contributed by atoms with van der Waals surface area (Å²) in [6.45, 7) is 0. The average Bonchev–Trinajstić information content (AvgIpc) is 3.75. The predicted octanol–water partition coefficient (Wildman–Crippen LogP) is 13.9. The van der Waals surface area contributed by atoms with Crippen LogP contribution >= 0.6 is 11.3 Å². The van der Waals surface area contributed by atoms with Crippen LogP contribution in [0, 0.1) is 0 Å². The molecule has 2 nitrogen and oxygen atoms in total. The van der Waals surface area contributed by atoms with E-state index in [1.807, 2.05) is 17.4 Å². The standard InChI is InChI=1S/C46H29NOS/c1-2-12-31(13-3-1)36-19-9-20-37-38-21-10-23-41(46(38)49-45(36)37)47(40-22-11-25-43-44(40)39-17-6-7-24-42(39)48-43)33-28-26-32(27-29-33)35-18-8-15-30-14-4-5-16-34(30)35/h1-29H. The third kappa shape index (κ3) is 4.47. The predicted molar refractivity (Wildman–Crippen MR) is 210 cm³/mol. The molecule has 0 amide bonds. The quantitative estimate of drug-likeness (QED) is 0.186. The van der Waals surface area contributed by atoms with E-state index < -0.39 is 0 Å². The fourth-order valence-electron chi connectivity index (χ4n) is 7.44. The van der Waals surface area contributed by atoms with Crippen molar-refractivity contribution in [3.63, 3.8) is 0 Å². The van der Waals surface area contributed by atoms with Crippen LogP contribution in [0.3, 0.4) is 0 Å². The number of rotatable bonds is 5. The van der Waals surface area contributed by atoms with Crippen molar-refractivity contribution in [1.29, 1.82) is 0 Å². The maximum absolute atomic E-state index is 6.41. The van der Waals surface area contributed by atoms with Gasteiger partial charge < -0.3 is 9.32 Å². The molecule has 0 saturated heterocycles. The van der Waals surface area contributed by atoms with Crippen molar-refractivity contribution in [2.24, 2.45) is 0 Å². The Morgan fingerprint density at radius 3 is 1.86 bits per heavy atom. The molecule has 10 rings (SSSR count). The van der Waals surface area contributed by atoms with E-state index in [-0.39, 0.29) is 0 Å². The second-order valence-electron chi connectivity index (χ2n) is 12.5. The molecule has 0 radical (unpaired) electrons. The molecule has 0 unspecified atom stereocenters. The van der Waals surface area contributed by atoms with Crippen LogP contribution in [0.2, 0.25) is 0 Å². The summed E-state index contributed by atoms with van der Waals surface area (Å²) in [4.78, 5) is 2.43. The molecule has 49 heavy (non-hydrogen) atoms. The fourth-order valence-corrected chi connectivity index (χ4v) is 8.78. The Kier molecular flexibility index (Phi) is 6.39. The number of anilines is 3. The zero-order valence-corrected chi connectivity index (χ0v) is 27.3. The van der Waals surface area contributed by atoms with Gasteiger partial charge in [-0.25, -0.2) is 0 Å². The molecule has 0 aliphatic heterocycles.